The highest BCUT2D eigenvalue weighted by Gasteiger charge is 2.54. The lowest BCUT2D eigenvalue weighted by molar-refractivity contribution is -0.159. The molecule has 1 aliphatic heterocycles. The Labute approximate surface area is 562 Å². The smallest absolute Gasteiger partial charge is 0.259 e. The summed E-state index contributed by atoms with van der Waals surface area (Å²) in [6, 6.07) is -11.3. The third kappa shape index (κ3) is 23.5. The monoisotopic (exact) mass is 1330 g/mol. The fraction of sp³-hybridized carbons (Fsp3) is 0.809. The molecule has 1 aliphatic rings. The lowest BCUT2D eigenvalue weighted by Crippen LogP contribution is -2.68. The second kappa shape index (κ2) is 39.3. The van der Waals surface area contributed by atoms with E-state index in [1.807, 2.05) is 82.2 Å². The van der Waals surface area contributed by atoms with Crippen molar-refractivity contribution >= 4 is 76.7 Å². The van der Waals surface area contributed by atoms with Crippen molar-refractivity contribution in [1.82, 2.24) is 60.5 Å². The molecule has 1 rings (SSSR count). The highest BCUT2D eigenvalue weighted by Crippen LogP contribution is 2.40. The predicted molar refractivity (Wildman–Crippen MR) is 368 cm³/mol. The molecule has 12 atom stereocenters. The summed E-state index contributed by atoms with van der Waals surface area (Å²) in [6.45, 7) is 35.6. The second-order valence-electron chi connectivity index (χ2n) is 28.0. The summed E-state index contributed by atoms with van der Waals surface area (Å²) in [5.41, 5.74) is 0. The van der Waals surface area contributed by atoms with Gasteiger partial charge >= 0.3 is 0 Å². The van der Waals surface area contributed by atoms with E-state index in [0.29, 0.717) is 31.8 Å². The van der Waals surface area contributed by atoms with Gasteiger partial charge in [-0.15, -0.1) is 11.8 Å². The van der Waals surface area contributed by atoms with Crippen molar-refractivity contribution < 1.29 is 57.8 Å². The minimum atomic E-state index is -1.82. The molecule has 25 heteroatoms. The summed E-state index contributed by atoms with van der Waals surface area (Å²) in [5.74, 6) is -9.59. The topological polar surface area (TPSA) is 282 Å². The van der Waals surface area contributed by atoms with Gasteiger partial charge in [0.1, 0.15) is 54.4 Å². The molecule has 1 fully saturated rings. The molecule has 0 radical (unpaired) electrons. The van der Waals surface area contributed by atoms with Gasteiger partial charge < -0.3 is 65.6 Å². The van der Waals surface area contributed by atoms with E-state index in [4.69, 9.17) is 0 Å². The molecule has 1 heterocycles. The highest BCUT2D eigenvalue weighted by atomic mass is 32.2. The molecule has 1 saturated heterocycles. The van der Waals surface area contributed by atoms with E-state index in [-0.39, 0.29) is 55.8 Å². The number of aliphatic hydroxyl groups excluding tert-OH is 1. The largest absolute Gasteiger partial charge is 0.390 e. The number of allylic oxidation sites excluding steroid dienone is 2. The number of amides is 11. The van der Waals surface area contributed by atoms with Gasteiger partial charge in [-0.3, -0.25) is 52.7 Å². The van der Waals surface area contributed by atoms with Crippen LogP contribution in [0.3, 0.4) is 0 Å². The predicted octanol–water partition coefficient (Wildman–Crippen LogP) is 4.67. The number of nitrogens with one attached hydrogen (secondary N) is 4. The summed E-state index contributed by atoms with van der Waals surface area (Å²) < 4.78 is 0. The van der Waals surface area contributed by atoms with Crippen molar-refractivity contribution in [1.29, 1.82) is 0 Å². The maximum absolute atomic E-state index is 16.2. The van der Waals surface area contributed by atoms with Crippen LogP contribution in [0.25, 0.3) is 0 Å². The van der Waals surface area contributed by atoms with E-state index in [1.54, 1.807) is 47.6 Å². The first-order chi connectivity index (χ1) is 43.1. The first kappa shape index (κ1) is 85.2. The molecule has 0 unspecified atom stereocenters. The van der Waals surface area contributed by atoms with Gasteiger partial charge in [-0.25, -0.2) is 0 Å². The van der Waals surface area contributed by atoms with Crippen molar-refractivity contribution in [2.75, 3.05) is 81.3 Å². The SMILES string of the molecule is C/C=C/C[C@@H](C)[C@@H](O)[C@H]1C(=O)N[C@@H](CC)C(=O)N(C)CC(=O)N(C)[C@@H](CC(C)C)C(=O)N[C@@H](C(C)C)C(=O)N(C)[C@@H](CC(C)C)C(=O)N[C@@H](C)C(=O)N[C@H](C)C(=O)N(C)[C@@H](CC(C)C)C(=O)N(C)[C@@H](CC(C)C)C(=O)N(C)[C@](SCCN(CC)CC)(C(C)C)C(=O)N1C. The lowest BCUT2D eigenvalue weighted by Gasteiger charge is -2.48. The molecule has 0 saturated carbocycles. The Morgan fingerprint density at radius 3 is 1.46 bits per heavy atom. The van der Waals surface area contributed by atoms with E-state index >= 15 is 19.2 Å². The molecule has 0 aliphatic carbocycles. The van der Waals surface area contributed by atoms with Gasteiger partial charge in [0.05, 0.1) is 12.6 Å². The van der Waals surface area contributed by atoms with Gasteiger partial charge in [0.25, 0.3) is 5.91 Å². The summed E-state index contributed by atoms with van der Waals surface area (Å²) in [7, 11) is 10.1. The molecule has 24 nitrogen and oxygen atoms in total. The lowest BCUT2D eigenvalue weighted by atomic mass is 9.91. The number of likely N-dealkylation sites (N-methyl/N-ethyl adjacent to an activating group) is 7. The first-order valence-corrected chi connectivity index (χ1v) is 34.8. The Balaban J connectivity index is 4.60. The number of hydrogen-bond donors (Lipinski definition) is 5. The highest BCUT2D eigenvalue weighted by molar-refractivity contribution is 8.01. The molecular weight excluding hydrogens is 1210 g/mol. The van der Waals surface area contributed by atoms with Crippen LogP contribution in [-0.4, -0.2) is 256 Å². The summed E-state index contributed by atoms with van der Waals surface area (Å²) in [4.78, 5) is 173. The van der Waals surface area contributed by atoms with Crippen LogP contribution in [0, 0.1) is 41.4 Å². The number of carbonyl (C=O) groups is 11. The quantitative estimate of drug-likeness (QED) is 0.0978. The first-order valence-electron chi connectivity index (χ1n) is 33.8. The molecule has 5 N–H and O–H groups in total. The van der Waals surface area contributed by atoms with Gasteiger partial charge in [0.2, 0.25) is 59.1 Å². The maximum Gasteiger partial charge on any atom is 0.259 e. The van der Waals surface area contributed by atoms with E-state index in [9.17, 15) is 38.7 Å². The van der Waals surface area contributed by atoms with Crippen LogP contribution in [0.1, 0.15) is 170 Å². The normalized spacial score (nSPS) is 26.5. The Morgan fingerprint density at radius 1 is 0.548 bits per heavy atom. The Bertz CT molecular complexity index is 2530. The molecule has 11 amide bonds. The van der Waals surface area contributed by atoms with Crippen LogP contribution in [0.2, 0.25) is 0 Å². The summed E-state index contributed by atoms with van der Waals surface area (Å²) in [5, 5.41) is 23.6. The second-order valence-corrected chi connectivity index (χ2v) is 29.4. The van der Waals surface area contributed by atoms with Gasteiger partial charge in [-0.05, 0) is 114 Å². The molecule has 534 valence electrons. The Morgan fingerprint density at radius 2 is 1.00 bits per heavy atom. The third-order valence-electron chi connectivity index (χ3n) is 17.9. The van der Waals surface area contributed by atoms with E-state index in [0.717, 1.165) is 9.80 Å². The van der Waals surface area contributed by atoms with Crippen LogP contribution >= 0.6 is 11.8 Å². The summed E-state index contributed by atoms with van der Waals surface area (Å²) >= 11 is 1.21. The van der Waals surface area contributed by atoms with Crippen LogP contribution in [0.15, 0.2) is 12.2 Å². The molecule has 93 heavy (non-hydrogen) atoms. The fourth-order valence-electron chi connectivity index (χ4n) is 11.8. The molecule has 0 aromatic rings. The van der Waals surface area contributed by atoms with Crippen LogP contribution in [0.4, 0.5) is 0 Å². The van der Waals surface area contributed by atoms with Crippen LogP contribution in [0.5, 0.6) is 0 Å². The van der Waals surface area contributed by atoms with Crippen LogP contribution in [-0.2, 0) is 52.7 Å². The van der Waals surface area contributed by atoms with E-state index in [1.165, 1.54) is 99.4 Å². The summed E-state index contributed by atoms with van der Waals surface area (Å²) in [6.07, 6.45) is 2.97. The van der Waals surface area contributed by atoms with Crippen molar-refractivity contribution in [3.63, 3.8) is 0 Å². The number of nitrogens with zero attached hydrogens (tertiary/aromatic N) is 8. The average molecular weight is 1330 g/mol. The number of carbonyl (C=O) groups excluding carboxylic acids is 11. The Hall–Kier alpha value is -5.82. The molecular formula is C68H124N12O12S. The van der Waals surface area contributed by atoms with E-state index < -0.39 is 155 Å². The fourth-order valence-corrected chi connectivity index (χ4v) is 13.3. The third-order valence-corrected chi connectivity index (χ3v) is 19.7. The van der Waals surface area contributed by atoms with Gasteiger partial charge in [-0.2, -0.15) is 0 Å². The molecule has 0 spiro atoms. The van der Waals surface area contributed by atoms with E-state index in [2.05, 4.69) is 26.2 Å². The van der Waals surface area contributed by atoms with Gasteiger partial charge in [-0.1, -0.05) is 123 Å². The molecule has 0 aromatic heterocycles. The zero-order valence-corrected chi connectivity index (χ0v) is 62.5. The van der Waals surface area contributed by atoms with Crippen molar-refractivity contribution in [3.8, 4) is 0 Å². The van der Waals surface area contributed by atoms with Crippen molar-refractivity contribution in [3.05, 3.63) is 12.2 Å². The molecule has 0 aromatic carbocycles. The van der Waals surface area contributed by atoms with Crippen molar-refractivity contribution in [2.24, 2.45) is 41.4 Å². The van der Waals surface area contributed by atoms with Gasteiger partial charge in [0.15, 0.2) is 4.87 Å². The van der Waals surface area contributed by atoms with Gasteiger partial charge in [0, 0.05) is 61.6 Å². The Kier molecular flexibility index (Phi) is 36.0. The van der Waals surface area contributed by atoms with Crippen LogP contribution < -0.4 is 21.3 Å². The minimum Gasteiger partial charge on any atom is -0.390 e. The maximum atomic E-state index is 16.2. The minimum absolute atomic E-state index is 0.0115. The molecule has 0 bridgehead atoms. The zero-order valence-electron chi connectivity index (χ0n) is 61.7. The van der Waals surface area contributed by atoms with Crippen molar-refractivity contribution in [2.45, 2.75) is 235 Å². The number of rotatable bonds is 21. The average Bonchev–Trinajstić information content (AvgIpc) is 0.875. The number of hydrogen-bond acceptors (Lipinski definition) is 14. The number of aliphatic hydroxyl groups is 1. The number of thioether (sulfide) groups is 1. The zero-order chi connectivity index (χ0) is 72.0. The standard InChI is InChI=1S/C68H124N12O12S/c1-27-31-32-46(17)57(82)56-61(86)71-49(28-2)63(88)73(20)39-54(81)74(21)50(35-40(5)6)60(85)72-55(44(13)14)66(91)75(22)51(36-41(7)8)59(84)69-47(18)58(83)70-48(19)62(87)76(23)52(37-42(9)10)64(89)77(24)53(38-43(11)12)65(90)79(26)68(45(15)16,67(92)78(56)25)93-34-33-80(29-3)30-4/h27,31,40-53,55-57,82H,28-30,32-39H2,1-26H3,(H,69,84)(H,70,83)(H,71,86)(H,72,85)/b31-27+/t46-,47+,48-,49+,50+,51+,52+,53+,55+,56+,57-,68+/m1/s1.